The maximum atomic E-state index is 11.3. The van der Waals surface area contributed by atoms with Gasteiger partial charge in [-0.2, -0.15) is 0 Å². The quantitative estimate of drug-likeness (QED) is 0.685. The van der Waals surface area contributed by atoms with Gasteiger partial charge in [0.05, 0.1) is 7.11 Å². The third kappa shape index (κ3) is 7.05. The van der Waals surface area contributed by atoms with E-state index in [2.05, 4.69) is 10.1 Å². The molecule has 0 saturated carbocycles. The number of alkyl carbamates (subject to hydrolysis) is 1. The molecule has 0 atom stereocenters. The molecule has 0 saturated heterocycles. The first-order chi connectivity index (χ1) is 7.47. The van der Waals surface area contributed by atoms with Crippen LogP contribution in [-0.2, 0) is 9.53 Å². The predicted octanol–water partition coefficient (Wildman–Crippen LogP) is -0.247. The van der Waals surface area contributed by atoms with Crippen LogP contribution < -0.4 is 5.32 Å². The SMILES string of the molecule is COC(=O)NCCN(CCN(C)C)C(C)=O. The number of carbonyl (C=O) groups is 2. The van der Waals surface area contributed by atoms with Crippen LogP contribution in [0.4, 0.5) is 4.79 Å². The Hall–Kier alpha value is -1.30. The Kier molecular flexibility index (Phi) is 7.28. The van der Waals surface area contributed by atoms with E-state index in [4.69, 9.17) is 0 Å². The van der Waals surface area contributed by atoms with Gasteiger partial charge >= 0.3 is 6.09 Å². The van der Waals surface area contributed by atoms with Crippen molar-refractivity contribution in [3.8, 4) is 0 Å². The second-order valence-electron chi connectivity index (χ2n) is 3.73. The van der Waals surface area contributed by atoms with E-state index in [9.17, 15) is 9.59 Å². The Morgan fingerprint density at radius 1 is 1.19 bits per heavy atom. The number of amides is 2. The fourth-order valence-corrected chi connectivity index (χ4v) is 1.11. The highest BCUT2D eigenvalue weighted by atomic mass is 16.5. The number of nitrogens with zero attached hydrogens (tertiary/aromatic N) is 2. The third-order valence-corrected chi connectivity index (χ3v) is 2.10. The molecule has 6 heteroatoms. The van der Waals surface area contributed by atoms with E-state index in [1.165, 1.54) is 14.0 Å². The summed E-state index contributed by atoms with van der Waals surface area (Å²) in [5.74, 6) is 0.00789. The van der Waals surface area contributed by atoms with Crippen molar-refractivity contribution in [2.75, 3.05) is 47.4 Å². The number of hydrogen-bond donors (Lipinski definition) is 1. The molecule has 0 unspecified atom stereocenters. The van der Waals surface area contributed by atoms with E-state index in [0.29, 0.717) is 19.6 Å². The summed E-state index contributed by atoms with van der Waals surface area (Å²) in [5.41, 5.74) is 0. The van der Waals surface area contributed by atoms with Crippen molar-refractivity contribution in [1.82, 2.24) is 15.1 Å². The Bertz CT molecular complexity index is 231. The highest BCUT2D eigenvalue weighted by Gasteiger charge is 2.09. The van der Waals surface area contributed by atoms with Crippen LogP contribution in [0, 0.1) is 0 Å². The third-order valence-electron chi connectivity index (χ3n) is 2.10. The number of carbonyl (C=O) groups excluding carboxylic acids is 2. The first-order valence-electron chi connectivity index (χ1n) is 5.19. The lowest BCUT2D eigenvalue weighted by Gasteiger charge is -2.22. The molecule has 0 rings (SSSR count). The Morgan fingerprint density at radius 3 is 2.25 bits per heavy atom. The van der Waals surface area contributed by atoms with Crippen LogP contribution in [-0.4, -0.2) is 69.2 Å². The van der Waals surface area contributed by atoms with Gasteiger partial charge in [-0.1, -0.05) is 0 Å². The van der Waals surface area contributed by atoms with Crippen molar-refractivity contribution in [3.63, 3.8) is 0 Å². The van der Waals surface area contributed by atoms with Gasteiger partial charge in [0.15, 0.2) is 0 Å². The average Bonchev–Trinajstić information content (AvgIpc) is 2.21. The molecule has 0 heterocycles. The van der Waals surface area contributed by atoms with Crippen molar-refractivity contribution in [3.05, 3.63) is 0 Å². The van der Waals surface area contributed by atoms with E-state index < -0.39 is 6.09 Å². The number of rotatable bonds is 6. The van der Waals surface area contributed by atoms with Gasteiger partial charge in [0.25, 0.3) is 0 Å². The zero-order chi connectivity index (χ0) is 12.6. The summed E-state index contributed by atoms with van der Waals surface area (Å²) < 4.78 is 4.43. The van der Waals surface area contributed by atoms with E-state index >= 15 is 0 Å². The molecule has 2 amide bonds. The molecule has 0 aliphatic rings. The second-order valence-corrected chi connectivity index (χ2v) is 3.73. The monoisotopic (exact) mass is 231 g/mol. The zero-order valence-electron chi connectivity index (χ0n) is 10.4. The van der Waals surface area contributed by atoms with Gasteiger partial charge in [-0.05, 0) is 14.1 Å². The number of methoxy groups -OCH3 is 1. The molecule has 0 aromatic heterocycles. The molecular weight excluding hydrogens is 210 g/mol. The lowest BCUT2D eigenvalue weighted by molar-refractivity contribution is -0.128. The largest absolute Gasteiger partial charge is 0.453 e. The molecule has 6 nitrogen and oxygen atoms in total. The van der Waals surface area contributed by atoms with Crippen molar-refractivity contribution < 1.29 is 14.3 Å². The fourth-order valence-electron chi connectivity index (χ4n) is 1.11. The minimum Gasteiger partial charge on any atom is -0.453 e. The molecule has 0 aliphatic heterocycles. The van der Waals surface area contributed by atoms with Crippen molar-refractivity contribution in [1.29, 1.82) is 0 Å². The molecule has 0 spiro atoms. The molecule has 0 aromatic rings. The summed E-state index contributed by atoms with van der Waals surface area (Å²) in [6.45, 7) is 3.88. The molecule has 0 bridgehead atoms. The van der Waals surface area contributed by atoms with Gasteiger partial charge in [-0.15, -0.1) is 0 Å². The van der Waals surface area contributed by atoms with Crippen LogP contribution in [0.1, 0.15) is 6.92 Å². The van der Waals surface area contributed by atoms with Crippen LogP contribution in [0.15, 0.2) is 0 Å². The lowest BCUT2D eigenvalue weighted by Crippen LogP contribution is -2.40. The summed E-state index contributed by atoms with van der Waals surface area (Å²) in [4.78, 5) is 25.7. The van der Waals surface area contributed by atoms with Gasteiger partial charge in [0, 0.05) is 33.1 Å². The van der Waals surface area contributed by atoms with E-state index in [-0.39, 0.29) is 5.91 Å². The Balaban J connectivity index is 3.85. The highest BCUT2D eigenvalue weighted by Crippen LogP contribution is 1.90. The van der Waals surface area contributed by atoms with E-state index in [1.807, 2.05) is 19.0 Å². The maximum Gasteiger partial charge on any atom is 0.406 e. The van der Waals surface area contributed by atoms with Gasteiger partial charge in [-0.25, -0.2) is 4.79 Å². The zero-order valence-corrected chi connectivity index (χ0v) is 10.4. The second kappa shape index (κ2) is 7.92. The molecule has 16 heavy (non-hydrogen) atoms. The molecule has 0 aromatic carbocycles. The van der Waals surface area contributed by atoms with Crippen molar-refractivity contribution >= 4 is 12.0 Å². The number of hydrogen-bond acceptors (Lipinski definition) is 4. The van der Waals surface area contributed by atoms with Gasteiger partial charge < -0.3 is 19.9 Å². The minimum atomic E-state index is -0.476. The van der Waals surface area contributed by atoms with Gasteiger partial charge in [0.1, 0.15) is 0 Å². The highest BCUT2D eigenvalue weighted by molar-refractivity contribution is 5.73. The number of likely N-dealkylation sites (N-methyl/N-ethyl adjacent to an activating group) is 1. The Morgan fingerprint density at radius 2 is 1.81 bits per heavy atom. The molecule has 0 fully saturated rings. The number of ether oxygens (including phenoxy) is 1. The van der Waals surface area contributed by atoms with E-state index in [0.717, 1.165) is 6.54 Å². The van der Waals surface area contributed by atoms with Gasteiger partial charge in [-0.3, -0.25) is 4.79 Å². The van der Waals surface area contributed by atoms with E-state index in [1.54, 1.807) is 4.90 Å². The topological polar surface area (TPSA) is 61.9 Å². The van der Waals surface area contributed by atoms with Crippen molar-refractivity contribution in [2.45, 2.75) is 6.92 Å². The number of nitrogens with one attached hydrogen (secondary N) is 1. The average molecular weight is 231 g/mol. The first kappa shape index (κ1) is 14.7. The Labute approximate surface area is 96.5 Å². The van der Waals surface area contributed by atoms with Crippen LogP contribution in [0.5, 0.6) is 0 Å². The molecule has 94 valence electrons. The predicted molar refractivity (Wildman–Crippen MR) is 61.2 cm³/mol. The van der Waals surface area contributed by atoms with Crippen LogP contribution >= 0.6 is 0 Å². The standard InChI is InChI=1S/C10H21N3O3/c1-9(14)13(8-7-12(2)3)6-5-11-10(15)16-4/h5-8H2,1-4H3,(H,11,15). The summed E-state index contributed by atoms with van der Waals surface area (Å²) in [6, 6.07) is 0. The smallest absolute Gasteiger partial charge is 0.406 e. The molecule has 0 radical (unpaired) electrons. The van der Waals surface area contributed by atoms with Crippen molar-refractivity contribution in [2.24, 2.45) is 0 Å². The first-order valence-corrected chi connectivity index (χ1v) is 5.19. The summed E-state index contributed by atoms with van der Waals surface area (Å²) in [6.07, 6.45) is -0.476. The normalized spacial score (nSPS) is 10.1. The fraction of sp³-hybridized carbons (Fsp3) is 0.800. The minimum absolute atomic E-state index is 0.00789. The van der Waals surface area contributed by atoms with Crippen LogP contribution in [0.3, 0.4) is 0 Å². The molecule has 0 aliphatic carbocycles. The maximum absolute atomic E-state index is 11.3. The lowest BCUT2D eigenvalue weighted by atomic mass is 10.4. The van der Waals surface area contributed by atoms with Gasteiger partial charge in [0.2, 0.25) is 5.91 Å². The molecular formula is C10H21N3O3. The molecule has 1 N–H and O–H groups in total. The summed E-state index contributed by atoms with van der Waals surface area (Å²) in [7, 11) is 5.21. The summed E-state index contributed by atoms with van der Waals surface area (Å²) in [5, 5.41) is 2.54. The van der Waals surface area contributed by atoms with Crippen LogP contribution in [0.25, 0.3) is 0 Å². The summed E-state index contributed by atoms with van der Waals surface area (Å²) >= 11 is 0. The van der Waals surface area contributed by atoms with Crippen LogP contribution in [0.2, 0.25) is 0 Å².